The molecule has 0 aromatic heterocycles. The lowest BCUT2D eigenvalue weighted by Gasteiger charge is -2.14. The van der Waals surface area contributed by atoms with Crippen LogP contribution in [0.2, 0.25) is 0 Å². The van der Waals surface area contributed by atoms with E-state index in [1.807, 2.05) is 30.3 Å². The summed E-state index contributed by atoms with van der Waals surface area (Å²) in [6, 6.07) is 9.92. The first-order valence-corrected chi connectivity index (χ1v) is 5.77. The molecule has 1 aliphatic heterocycles. The standard InChI is InChI=1S/C13H18O4/c1-15-13-7-11(14)12(17-13)9-16-8-10-5-3-2-4-6-10/h2-6,11-14H,7-9H2,1H3/t11-,12-,13+/m1/s1. The van der Waals surface area contributed by atoms with Crippen molar-refractivity contribution in [2.45, 2.75) is 31.5 Å². The largest absolute Gasteiger partial charge is 0.390 e. The van der Waals surface area contributed by atoms with Crippen molar-refractivity contribution < 1.29 is 19.3 Å². The molecule has 0 radical (unpaired) electrons. The smallest absolute Gasteiger partial charge is 0.160 e. The van der Waals surface area contributed by atoms with Gasteiger partial charge in [-0.1, -0.05) is 30.3 Å². The summed E-state index contributed by atoms with van der Waals surface area (Å²) in [5.41, 5.74) is 1.11. The maximum absolute atomic E-state index is 9.70. The van der Waals surface area contributed by atoms with Crippen LogP contribution in [0.4, 0.5) is 0 Å². The summed E-state index contributed by atoms with van der Waals surface area (Å²) < 4.78 is 16.0. The summed E-state index contributed by atoms with van der Waals surface area (Å²) in [5, 5.41) is 9.70. The lowest BCUT2D eigenvalue weighted by Crippen LogP contribution is -2.26. The highest BCUT2D eigenvalue weighted by Gasteiger charge is 2.33. The maximum atomic E-state index is 9.70. The van der Waals surface area contributed by atoms with Crippen LogP contribution in [-0.4, -0.2) is 37.3 Å². The van der Waals surface area contributed by atoms with E-state index in [2.05, 4.69) is 0 Å². The summed E-state index contributed by atoms with van der Waals surface area (Å²) in [5.74, 6) is 0. The fraction of sp³-hybridized carbons (Fsp3) is 0.538. The van der Waals surface area contributed by atoms with Crippen molar-refractivity contribution in [3.05, 3.63) is 35.9 Å². The van der Waals surface area contributed by atoms with Crippen LogP contribution in [0.3, 0.4) is 0 Å². The average Bonchev–Trinajstić information content (AvgIpc) is 2.72. The quantitative estimate of drug-likeness (QED) is 0.840. The molecule has 0 unspecified atom stereocenters. The lowest BCUT2D eigenvalue weighted by atomic mass is 10.2. The van der Waals surface area contributed by atoms with E-state index in [0.29, 0.717) is 19.6 Å². The molecular weight excluding hydrogens is 220 g/mol. The van der Waals surface area contributed by atoms with Crippen molar-refractivity contribution >= 4 is 0 Å². The molecule has 4 nitrogen and oxygen atoms in total. The van der Waals surface area contributed by atoms with Gasteiger partial charge < -0.3 is 19.3 Å². The number of aliphatic hydroxyl groups excluding tert-OH is 1. The summed E-state index contributed by atoms with van der Waals surface area (Å²) in [6.45, 7) is 0.918. The molecule has 17 heavy (non-hydrogen) atoms. The van der Waals surface area contributed by atoms with Gasteiger partial charge in [-0.05, 0) is 5.56 Å². The predicted molar refractivity (Wildman–Crippen MR) is 62.4 cm³/mol. The minimum absolute atomic E-state index is 0.288. The Hall–Kier alpha value is -0.940. The van der Waals surface area contributed by atoms with Gasteiger partial charge in [0.1, 0.15) is 6.10 Å². The molecule has 1 N–H and O–H groups in total. The summed E-state index contributed by atoms with van der Waals surface area (Å²) in [6.07, 6.45) is -0.592. The number of aliphatic hydroxyl groups is 1. The predicted octanol–water partition coefficient (Wildman–Crippen LogP) is 1.33. The molecule has 3 atom stereocenters. The molecular formula is C13H18O4. The molecule has 1 aromatic rings. The van der Waals surface area contributed by atoms with Crippen molar-refractivity contribution in [1.82, 2.24) is 0 Å². The Labute approximate surface area is 101 Å². The molecule has 0 aliphatic carbocycles. The Morgan fingerprint density at radius 3 is 2.76 bits per heavy atom. The van der Waals surface area contributed by atoms with Crippen LogP contribution in [0.15, 0.2) is 30.3 Å². The van der Waals surface area contributed by atoms with E-state index in [0.717, 1.165) is 5.56 Å². The minimum atomic E-state index is -0.504. The van der Waals surface area contributed by atoms with Crippen LogP contribution < -0.4 is 0 Å². The third kappa shape index (κ3) is 3.51. The second-order valence-electron chi connectivity index (χ2n) is 4.14. The van der Waals surface area contributed by atoms with Crippen molar-refractivity contribution in [2.24, 2.45) is 0 Å². The molecule has 1 aliphatic rings. The van der Waals surface area contributed by atoms with E-state index < -0.39 is 6.10 Å². The van der Waals surface area contributed by atoms with Gasteiger partial charge in [-0.3, -0.25) is 0 Å². The fourth-order valence-electron chi connectivity index (χ4n) is 1.86. The zero-order chi connectivity index (χ0) is 12.1. The van der Waals surface area contributed by atoms with Crippen LogP contribution >= 0.6 is 0 Å². The van der Waals surface area contributed by atoms with Crippen LogP contribution in [0, 0.1) is 0 Å². The lowest BCUT2D eigenvalue weighted by molar-refractivity contribution is -0.134. The highest BCUT2D eigenvalue weighted by atomic mass is 16.7. The number of hydrogen-bond donors (Lipinski definition) is 1. The monoisotopic (exact) mass is 238 g/mol. The highest BCUT2D eigenvalue weighted by molar-refractivity contribution is 5.13. The average molecular weight is 238 g/mol. The van der Waals surface area contributed by atoms with Gasteiger partial charge in [-0.2, -0.15) is 0 Å². The Bertz CT molecular complexity index is 327. The summed E-state index contributed by atoms with van der Waals surface area (Å²) >= 11 is 0. The second kappa shape index (κ2) is 6.12. The van der Waals surface area contributed by atoms with E-state index in [-0.39, 0.29) is 12.4 Å². The number of rotatable bonds is 5. The van der Waals surface area contributed by atoms with Gasteiger partial charge in [0.15, 0.2) is 6.29 Å². The van der Waals surface area contributed by atoms with Crippen molar-refractivity contribution in [1.29, 1.82) is 0 Å². The fourth-order valence-corrected chi connectivity index (χ4v) is 1.86. The zero-order valence-corrected chi connectivity index (χ0v) is 9.91. The van der Waals surface area contributed by atoms with Gasteiger partial charge >= 0.3 is 0 Å². The molecule has 0 saturated carbocycles. The molecule has 4 heteroatoms. The van der Waals surface area contributed by atoms with E-state index in [4.69, 9.17) is 14.2 Å². The van der Waals surface area contributed by atoms with Gasteiger partial charge in [0, 0.05) is 13.5 Å². The molecule has 94 valence electrons. The van der Waals surface area contributed by atoms with E-state index >= 15 is 0 Å². The van der Waals surface area contributed by atoms with Gasteiger partial charge in [0.25, 0.3) is 0 Å². The number of benzene rings is 1. The molecule has 1 saturated heterocycles. The first-order chi connectivity index (χ1) is 8.29. The molecule has 1 aromatic carbocycles. The molecule has 2 rings (SSSR count). The molecule has 1 fully saturated rings. The van der Waals surface area contributed by atoms with Crippen molar-refractivity contribution in [2.75, 3.05) is 13.7 Å². The Balaban J connectivity index is 1.72. The molecule has 1 heterocycles. The van der Waals surface area contributed by atoms with E-state index in [1.54, 1.807) is 7.11 Å². The Kier molecular flexibility index (Phi) is 4.50. The zero-order valence-electron chi connectivity index (χ0n) is 9.91. The Morgan fingerprint density at radius 1 is 1.35 bits per heavy atom. The SMILES string of the molecule is CO[C@@H]1C[C@@H](O)[C@@H](COCc2ccccc2)O1. The molecule has 0 spiro atoms. The van der Waals surface area contributed by atoms with Gasteiger partial charge in [-0.25, -0.2) is 0 Å². The van der Waals surface area contributed by atoms with Crippen LogP contribution in [-0.2, 0) is 20.8 Å². The number of ether oxygens (including phenoxy) is 3. The number of methoxy groups -OCH3 is 1. The van der Waals surface area contributed by atoms with Gasteiger partial charge in [-0.15, -0.1) is 0 Å². The second-order valence-corrected chi connectivity index (χ2v) is 4.14. The molecule has 0 bridgehead atoms. The third-order valence-corrected chi connectivity index (χ3v) is 2.85. The summed E-state index contributed by atoms with van der Waals surface area (Å²) in [4.78, 5) is 0. The number of hydrogen-bond acceptors (Lipinski definition) is 4. The minimum Gasteiger partial charge on any atom is -0.390 e. The van der Waals surface area contributed by atoms with Crippen molar-refractivity contribution in [3.63, 3.8) is 0 Å². The van der Waals surface area contributed by atoms with Crippen molar-refractivity contribution in [3.8, 4) is 0 Å². The normalized spacial score (nSPS) is 28.5. The van der Waals surface area contributed by atoms with Crippen LogP contribution in [0.25, 0.3) is 0 Å². The first-order valence-electron chi connectivity index (χ1n) is 5.77. The maximum Gasteiger partial charge on any atom is 0.160 e. The highest BCUT2D eigenvalue weighted by Crippen LogP contribution is 2.21. The van der Waals surface area contributed by atoms with E-state index in [1.165, 1.54) is 0 Å². The molecule has 0 amide bonds. The van der Waals surface area contributed by atoms with Gasteiger partial charge in [0.2, 0.25) is 0 Å². The third-order valence-electron chi connectivity index (χ3n) is 2.85. The van der Waals surface area contributed by atoms with Crippen LogP contribution in [0.5, 0.6) is 0 Å². The first kappa shape index (κ1) is 12.5. The van der Waals surface area contributed by atoms with Crippen LogP contribution in [0.1, 0.15) is 12.0 Å². The van der Waals surface area contributed by atoms with Gasteiger partial charge in [0.05, 0.1) is 19.3 Å². The topological polar surface area (TPSA) is 47.9 Å². The summed E-state index contributed by atoms with van der Waals surface area (Å²) in [7, 11) is 1.57. The van der Waals surface area contributed by atoms with E-state index in [9.17, 15) is 5.11 Å². The Morgan fingerprint density at radius 2 is 2.12 bits per heavy atom.